The van der Waals surface area contributed by atoms with Crippen LogP contribution in [0.5, 0.6) is 5.75 Å². The number of hydrogen-bond donors (Lipinski definition) is 1. The van der Waals surface area contributed by atoms with Gasteiger partial charge >= 0.3 is 5.69 Å². The minimum absolute atomic E-state index is 0.207. The molecule has 1 N–H and O–H groups in total. The summed E-state index contributed by atoms with van der Waals surface area (Å²) in [6, 6.07) is 18.7. The van der Waals surface area contributed by atoms with Crippen molar-refractivity contribution in [1.82, 2.24) is 19.4 Å². The van der Waals surface area contributed by atoms with Crippen molar-refractivity contribution in [3.8, 4) is 5.75 Å². The summed E-state index contributed by atoms with van der Waals surface area (Å²) in [7, 11) is 2.93. The molecule has 0 unspecified atom stereocenters. The average Bonchev–Trinajstić information content (AvgIpc) is 2.84. The molecular formula is C24H22N4O4. The van der Waals surface area contributed by atoms with E-state index in [-0.39, 0.29) is 29.0 Å². The highest BCUT2D eigenvalue weighted by atomic mass is 16.5. The van der Waals surface area contributed by atoms with Crippen molar-refractivity contribution in [3.63, 3.8) is 0 Å². The molecule has 0 aliphatic rings. The van der Waals surface area contributed by atoms with E-state index in [1.807, 2.05) is 54.6 Å². The molecule has 0 fully saturated rings. The van der Waals surface area contributed by atoms with Gasteiger partial charge in [0.2, 0.25) is 0 Å². The van der Waals surface area contributed by atoms with Gasteiger partial charge in [-0.3, -0.25) is 18.7 Å². The summed E-state index contributed by atoms with van der Waals surface area (Å²) in [4.78, 5) is 41.4. The fourth-order valence-electron chi connectivity index (χ4n) is 3.42. The summed E-state index contributed by atoms with van der Waals surface area (Å²) in [5, 5.41) is 3.07. The third-order valence-electron chi connectivity index (χ3n) is 5.25. The number of benzene rings is 2. The number of carbonyl (C=O) groups excluding carboxylic acids is 1. The van der Waals surface area contributed by atoms with Crippen LogP contribution in [0.4, 0.5) is 0 Å². The van der Waals surface area contributed by atoms with Crippen LogP contribution in [0.3, 0.4) is 0 Å². The molecule has 4 aromatic rings. The lowest BCUT2D eigenvalue weighted by atomic mass is 10.1. The number of amides is 1. The number of ether oxygens (including phenoxy) is 1. The van der Waals surface area contributed by atoms with Crippen LogP contribution in [0.15, 0.2) is 76.4 Å². The van der Waals surface area contributed by atoms with Gasteiger partial charge in [0.15, 0.2) is 0 Å². The number of carbonyl (C=O) groups is 1. The molecule has 2 heterocycles. The Morgan fingerprint density at radius 2 is 1.66 bits per heavy atom. The summed E-state index contributed by atoms with van der Waals surface area (Å²) >= 11 is 0. The first kappa shape index (κ1) is 21.0. The van der Waals surface area contributed by atoms with Crippen LogP contribution in [0, 0.1) is 0 Å². The van der Waals surface area contributed by atoms with E-state index in [0.29, 0.717) is 6.61 Å². The lowest BCUT2D eigenvalue weighted by Gasteiger charge is -2.12. The number of fused-ring (bicyclic) bond motifs is 1. The van der Waals surface area contributed by atoms with Crippen LogP contribution >= 0.6 is 0 Å². The van der Waals surface area contributed by atoms with Crippen LogP contribution in [0.2, 0.25) is 0 Å². The first-order valence-corrected chi connectivity index (χ1v) is 10.0. The van der Waals surface area contributed by atoms with Gasteiger partial charge in [0.05, 0.1) is 10.9 Å². The maximum absolute atomic E-state index is 12.7. The van der Waals surface area contributed by atoms with Crippen LogP contribution in [-0.4, -0.2) is 20.0 Å². The highest BCUT2D eigenvalue weighted by Crippen LogP contribution is 2.15. The van der Waals surface area contributed by atoms with Crippen LogP contribution in [-0.2, 0) is 27.2 Å². The molecule has 0 atom stereocenters. The molecule has 4 rings (SSSR count). The van der Waals surface area contributed by atoms with E-state index < -0.39 is 11.2 Å². The number of pyridine rings is 1. The molecule has 2 aromatic carbocycles. The Labute approximate surface area is 183 Å². The summed E-state index contributed by atoms with van der Waals surface area (Å²) < 4.78 is 8.10. The molecule has 8 nitrogen and oxygen atoms in total. The van der Waals surface area contributed by atoms with E-state index in [1.54, 1.807) is 0 Å². The van der Waals surface area contributed by atoms with Gasteiger partial charge in [-0.2, -0.15) is 0 Å². The molecule has 32 heavy (non-hydrogen) atoms. The fraction of sp³-hybridized carbons (Fsp3) is 0.167. The Morgan fingerprint density at radius 3 is 2.41 bits per heavy atom. The summed E-state index contributed by atoms with van der Waals surface area (Å²) in [5.74, 6) is 0.402. The van der Waals surface area contributed by atoms with E-state index in [0.717, 1.165) is 21.4 Å². The Bertz CT molecular complexity index is 1410. The second-order valence-corrected chi connectivity index (χ2v) is 7.35. The number of rotatable bonds is 6. The van der Waals surface area contributed by atoms with Crippen LogP contribution in [0.1, 0.15) is 21.5 Å². The lowest BCUT2D eigenvalue weighted by molar-refractivity contribution is 0.0950. The molecule has 0 saturated carbocycles. The second-order valence-electron chi connectivity index (χ2n) is 7.35. The van der Waals surface area contributed by atoms with Crippen molar-refractivity contribution in [2.45, 2.75) is 13.2 Å². The van der Waals surface area contributed by atoms with Gasteiger partial charge < -0.3 is 10.1 Å². The van der Waals surface area contributed by atoms with E-state index >= 15 is 0 Å². The molecule has 0 radical (unpaired) electrons. The van der Waals surface area contributed by atoms with Gasteiger partial charge in [0.1, 0.15) is 18.0 Å². The fourth-order valence-corrected chi connectivity index (χ4v) is 3.42. The largest absolute Gasteiger partial charge is 0.489 e. The smallest absolute Gasteiger partial charge is 0.332 e. The molecule has 0 spiro atoms. The number of aromatic nitrogens is 3. The van der Waals surface area contributed by atoms with Gasteiger partial charge in [0, 0.05) is 26.8 Å². The standard InChI is InChI=1S/C24H22N4O4/c1-27-21-20(23(30)28(2)24(27)31)12-18(14-25-21)22(29)26-13-16-8-6-7-9-17(16)15-32-19-10-4-3-5-11-19/h3-12,14H,13,15H2,1-2H3,(H,26,29). The van der Waals surface area contributed by atoms with Crippen LogP contribution < -0.4 is 21.3 Å². The quantitative estimate of drug-likeness (QED) is 0.506. The first-order valence-electron chi connectivity index (χ1n) is 10.0. The number of hydrogen-bond acceptors (Lipinski definition) is 5. The predicted octanol–water partition coefficient (Wildman–Crippen LogP) is 2.14. The van der Waals surface area contributed by atoms with Crippen molar-refractivity contribution in [3.05, 3.63) is 104 Å². The Kier molecular flexibility index (Phi) is 5.85. The van der Waals surface area contributed by atoms with Gasteiger partial charge in [0.25, 0.3) is 11.5 Å². The molecule has 2 aromatic heterocycles. The minimum Gasteiger partial charge on any atom is -0.489 e. The maximum Gasteiger partial charge on any atom is 0.332 e. The maximum atomic E-state index is 12.7. The van der Waals surface area contributed by atoms with Crippen LogP contribution in [0.25, 0.3) is 11.0 Å². The first-order chi connectivity index (χ1) is 15.5. The highest BCUT2D eigenvalue weighted by Gasteiger charge is 2.14. The molecule has 0 saturated heterocycles. The molecule has 8 heteroatoms. The van der Waals surface area contributed by atoms with Crippen molar-refractivity contribution in [2.24, 2.45) is 14.1 Å². The zero-order chi connectivity index (χ0) is 22.7. The van der Waals surface area contributed by atoms with Gasteiger partial charge in [-0.05, 0) is 29.3 Å². The predicted molar refractivity (Wildman–Crippen MR) is 121 cm³/mol. The number of para-hydroxylation sites is 1. The Balaban J connectivity index is 1.51. The lowest BCUT2D eigenvalue weighted by Crippen LogP contribution is -2.37. The zero-order valence-corrected chi connectivity index (χ0v) is 17.7. The molecule has 0 aliphatic carbocycles. The van der Waals surface area contributed by atoms with Gasteiger partial charge in [-0.15, -0.1) is 0 Å². The summed E-state index contributed by atoms with van der Waals surface area (Å²) in [6.45, 7) is 0.661. The molecular weight excluding hydrogens is 408 g/mol. The molecule has 162 valence electrons. The highest BCUT2D eigenvalue weighted by molar-refractivity contribution is 5.96. The monoisotopic (exact) mass is 430 g/mol. The van der Waals surface area contributed by atoms with Gasteiger partial charge in [-0.1, -0.05) is 42.5 Å². The third kappa shape index (κ3) is 4.15. The van der Waals surface area contributed by atoms with E-state index in [2.05, 4.69) is 10.3 Å². The number of aryl methyl sites for hydroxylation is 1. The minimum atomic E-state index is -0.492. The van der Waals surface area contributed by atoms with E-state index in [1.165, 1.54) is 30.9 Å². The average molecular weight is 430 g/mol. The molecule has 0 bridgehead atoms. The van der Waals surface area contributed by atoms with Crippen molar-refractivity contribution in [2.75, 3.05) is 0 Å². The van der Waals surface area contributed by atoms with Crippen molar-refractivity contribution >= 4 is 16.9 Å². The number of nitrogens with zero attached hydrogens (tertiary/aromatic N) is 3. The third-order valence-corrected chi connectivity index (χ3v) is 5.25. The topological polar surface area (TPSA) is 95.2 Å². The summed E-state index contributed by atoms with van der Waals surface area (Å²) in [5.41, 5.74) is 1.39. The second kappa shape index (κ2) is 8.89. The molecule has 0 aliphatic heterocycles. The van der Waals surface area contributed by atoms with E-state index in [4.69, 9.17) is 4.74 Å². The van der Waals surface area contributed by atoms with Crippen molar-refractivity contribution in [1.29, 1.82) is 0 Å². The number of nitrogens with one attached hydrogen (secondary N) is 1. The summed E-state index contributed by atoms with van der Waals surface area (Å²) in [6.07, 6.45) is 1.36. The zero-order valence-electron chi connectivity index (χ0n) is 17.7. The Morgan fingerprint density at radius 1 is 0.969 bits per heavy atom. The normalized spacial score (nSPS) is 10.8. The SMILES string of the molecule is Cn1c(=O)c2cc(C(=O)NCc3ccccc3COc3ccccc3)cnc2n(C)c1=O. The van der Waals surface area contributed by atoms with Gasteiger partial charge in [-0.25, -0.2) is 9.78 Å². The van der Waals surface area contributed by atoms with E-state index in [9.17, 15) is 14.4 Å². The Hall–Kier alpha value is -4.20. The van der Waals surface area contributed by atoms with Crippen molar-refractivity contribution < 1.29 is 9.53 Å². The molecule has 1 amide bonds.